The topological polar surface area (TPSA) is 66.8 Å². The second-order valence-corrected chi connectivity index (χ2v) is 8.21. The summed E-state index contributed by atoms with van der Waals surface area (Å²) in [6.45, 7) is 0.700. The predicted octanol–water partition coefficient (Wildman–Crippen LogP) is 3.21. The average molecular weight is 406 g/mol. The van der Waals surface area contributed by atoms with Crippen molar-refractivity contribution in [2.24, 2.45) is 0 Å². The molecular formula is C22H31NO4S. The van der Waals surface area contributed by atoms with E-state index in [1.165, 1.54) is 7.11 Å². The van der Waals surface area contributed by atoms with Gasteiger partial charge in [-0.3, -0.25) is 9.59 Å². The van der Waals surface area contributed by atoms with Gasteiger partial charge in [0.15, 0.2) is 0 Å². The number of amides is 1. The Kier molecular flexibility index (Phi) is 10.1. The maximum atomic E-state index is 12.3. The second-order valence-electron chi connectivity index (χ2n) is 6.98. The number of aliphatic hydroxyl groups excluding tert-OH is 1. The molecule has 0 bridgehead atoms. The van der Waals surface area contributed by atoms with Crippen LogP contribution in [-0.2, 0) is 20.7 Å². The minimum atomic E-state index is -0.547. The van der Waals surface area contributed by atoms with Crippen molar-refractivity contribution in [2.75, 3.05) is 25.2 Å². The van der Waals surface area contributed by atoms with Crippen LogP contribution in [0.1, 0.15) is 37.7 Å². The first-order valence-corrected chi connectivity index (χ1v) is 11.1. The number of ether oxygens (including phenoxy) is 1. The number of thioether (sulfide) groups is 1. The number of methoxy groups -OCH3 is 1. The van der Waals surface area contributed by atoms with Crippen molar-refractivity contribution >= 4 is 23.6 Å². The van der Waals surface area contributed by atoms with Crippen LogP contribution in [0.25, 0.3) is 0 Å². The normalized spacial score (nSPS) is 18.4. The summed E-state index contributed by atoms with van der Waals surface area (Å²) in [6, 6.07) is 9.97. The van der Waals surface area contributed by atoms with Crippen LogP contribution in [0.2, 0.25) is 0 Å². The van der Waals surface area contributed by atoms with Crippen molar-refractivity contribution in [3.8, 4) is 0 Å². The second kappa shape index (κ2) is 12.6. The lowest BCUT2D eigenvalue weighted by Gasteiger charge is -2.34. The summed E-state index contributed by atoms with van der Waals surface area (Å²) in [6.07, 6.45) is 7.52. The van der Waals surface area contributed by atoms with Gasteiger partial charge in [0, 0.05) is 31.6 Å². The highest BCUT2D eigenvalue weighted by molar-refractivity contribution is 7.99. The molecule has 1 aliphatic rings. The van der Waals surface area contributed by atoms with Crippen LogP contribution < -0.4 is 0 Å². The summed E-state index contributed by atoms with van der Waals surface area (Å²) >= 11 is 1.75. The molecule has 5 nitrogen and oxygen atoms in total. The zero-order chi connectivity index (χ0) is 20.2. The molecular weight excluding hydrogens is 374 g/mol. The number of hydrogen-bond donors (Lipinski definition) is 1. The standard InChI is InChI=1S/C22H31NO4S/c1-27-22(26)11-6-15-28-16-14-23-19(9-5-10-21(23)25)12-13-20(24)17-18-7-3-2-4-8-18/h2-4,7-8,12-13,19-20,24H,5-6,9-11,14-17H2,1H3. The number of carbonyl (C=O) groups excluding carboxylic acids is 2. The molecule has 1 amide bonds. The first kappa shape index (κ1) is 22.5. The van der Waals surface area contributed by atoms with Crippen molar-refractivity contribution < 1.29 is 19.4 Å². The van der Waals surface area contributed by atoms with E-state index < -0.39 is 6.10 Å². The Morgan fingerprint density at radius 1 is 1.36 bits per heavy atom. The highest BCUT2D eigenvalue weighted by Gasteiger charge is 2.25. The van der Waals surface area contributed by atoms with Crippen molar-refractivity contribution in [3.05, 3.63) is 48.0 Å². The molecule has 6 heteroatoms. The predicted molar refractivity (Wildman–Crippen MR) is 113 cm³/mol. The fourth-order valence-electron chi connectivity index (χ4n) is 3.30. The SMILES string of the molecule is COC(=O)CCCSCCN1C(=O)CCCC1C=CC(O)Cc1ccccc1. The number of carbonyl (C=O) groups is 2. The van der Waals surface area contributed by atoms with E-state index >= 15 is 0 Å². The van der Waals surface area contributed by atoms with Gasteiger partial charge >= 0.3 is 5.97 Å². The molecule has 1 fully saturated rings. The van der Waals surface area contributed by atoms with Crippen molar-refractivity contribution in [1.82, 2.24) is 4.90 Å². The lowest BCUT2D eigenvalue weighted by molar-refractivity contribution is -0.140. The van der Waals surface area contributed by atoms with Gasteiger partial charge in [-0.1, -0.05) is 42.5 Å². The zero-order valence-corrected chi connectivity index (χ0v) is 17.4. The van der Waals surface area contributed by atoms with Crippen LogP contribution in [0.15, 0.2) is 42.5 Å². The van der Waals surface area contributed by atoms with E-state index in [2.05, 4.69) is 4.74 Å². The third-order valence-electron chi connectivity index (χ3n) is 4.83. The van der Waals surface area contributed by atoms with Crippen LogP contribution in [0.5, 0.6) is 0 Å². The third-order valence-corrected chi connectivity index (χ3v) is 5.88. The molecule has 2 atom stereocenters. The Morgan fingerprint density at radius 3 is 2.89 bits per heavy atom. The fourth-order valence-corrected chi connectivity index (χ4v) is 4.18. The van der Waals surface area contributed by atoms with Crippen LogP contribution in [0, 0.1) is 0 Å². The highest BCUT2D eigenvalue weighted by Crippen LogP contribution is 2.20. The molecule has 1 heterocycles. The smallest absolute Gasteiger partial charge is 0.305 e. The van der Waals surface area contributed by atoms with E-state index in [0.717, 1.165) is 36.3 Å². The van der Waals surface area contributed by atoms with Gasteiger partial charge in [-0.15, -0.1) is 0 Å². The maximum absolute atomic E-state index is 12.3. The number of hydrogen-bond acceptors (Lipinski definition) is 5. The fraction of sp³-hybridized carbons (Fsp3) is 0.545. The molecule has 0 aliphatic carbocycles. The molecule has 0 spiro atoms. The maximum Gasteiger partial charge on any atom is 0.305 e. The molecule has 2 unspecified atom stereocenters. The Morgan fingerprint density at radius 2 is 2.14 bits per heavy atom. The summed E-state index contributed by atoms with van der Waals surface area (Å²) in [4.78, 5) is 25.4. The summed E-state index contributed by atoms with van der Waals surface area (Å²) in [5.74, 6) is 1.75. The van der Waals surface area contributed by atoms with E-state index in [-0.39, 0.29) is 17.9 Å². The summed E-state index contributed by atoms with van der Waals surface area (Å²) in [7, 11) is 1.40. The van der Waals surface area contributed by atoms with Crippen molar-refractivity contribution in [3.63, 3.8) is 0 Å². The van der Waals surface area contributed by atoms with Crippen molar-refractivity contribution in [2.45, 2.75) is 50.7 Å². The lowest BCUT2D eigenvalue weighted by atomic mass is 10.00. The Balaban J connectivity index is 1.77. The molecule has 0 radical (unpaired) electrons. The quantitative estimate of drug-likeness (QED) is 0.348. The largest absolute Gasteiger partial charge is 0.469 e. The van der Waals surface area contributed by atoms with Gasteiger partial charge in [0.25, 0.3) is 0 Å². The first-order chi connectivity index (χ1) is 13.6. The van der Waals surface area contributed by atoms with E-state index in [1.54, 1.807) is 11.8 Å². The van der Waals surface area contributed by atoms with Crippen LogP contribution >= 0.6 is 11.8 Å². The first-order valence-electron chi connectivity index (χ1n) is 9.94. The van der Waals surface area contributed by atoms with Gasteiger partial charge in [0.1, 0.15) is 0 Å². The number of esters is 1. The summed E-state index contributed by atoms with van der Waals surface area (Å²) in [5.41, 5.74) is 1.10. The third kappa shape index (κ3) is 8.07. The highest BCUT2D eigenvalue weighted by atomic mass is 32.2. The molecule has 1 saturated heterocycles. The van der Waals surface area contributed by atoms with Crippen LogP contribution in [0.3, 0.4) is 0 Å². The number of likely N-dealkylation sites (tertiary alicyclic amines) is 1. The van der Waals surface area contributed by atoms with E-state index in [9.17, 15) is 14.7 Å². The molecule has 1 aromatic rings. The molecule has 0 saturated carbocycles. The lowest BCUT2D eigenvalue weighted by Crippen LogP contribution is -2.43. The number of rotatable bonds is 11. The van der Waals surface area contributed by atoms with Crippen LogP contribution in [0.4, 0.5) is 0 Å². The van der Waals surface area contributed by atoms with Gasteiger partial charge < -0.3 is 14.7 Å². The molecule has 2 rings (SSSR count). The number of piperidine rings is 1. The van der Waals surface area contributed by atoms with E-state index in [4.69, 9.17) is 0 Å². The minimum Gasteiger partial charge on any atom is -0.469 e. The number of nitrogens with zero attached hydrogens (tertiary/aromatic N) is 1. The molecule has 28 heavy (non-hydrogen) atoms. The molecule has 154 valence electrons. The Labute approximate surface area is 172 Å². The molecule has 1 aromatic carbocycles. The Bertz CT molecular complexity index is 635. The van der Waals surface area contributed by atoms with Gasteiger partial charge in [-0.25, -0.2) is 0 Å². The van der Waals surface area contributed by atoms with Gasteiger partial charge in [-0.05, 0) is 30.6 Å². The Hall–Kier alpha value is -1.79. The van der Waals surface area contributed by atoms with E-state index in [1.807, 2.05) is 47.4 Å². The summed E-state index contributed by atoms with van der Waals surface area (Å²) in [5, 5.41) is 10.3. The van der Waals surface area contributed by atoms with Crippen LogP contribution in [-0.4, -0.2) is 59.2 Å². The number of benzene rings is 1. The average Bonchev–Trinajstić information content (AvgIpc) is 2.70. The monoisotopic (exact) mass is 405 g/mol. The summed E-state index contributed by atoms with van der Waals surface area (Å²) < 4.78 is 4.63. The van der Waals surface area contributed by atoms with E-state index in [0.29, 0.717) is 25.8 Å². The van der Waals surface area contributed by atoms with Gasteiger partial charge in [0.2, 0.25) is 5.91 Å². The molecule has 1 N–H and O–H groups in total. The van der Waals surface area contributed by atoms with Gasteiger partial charge in [-0.2, -0.15) is 11.8 Å². The number of aliphatic hydroxyl groups is 1. The zero-order valence-electron chi connectivity index (χ0n) is 16.6. The molecule has 1 aliphatic heterocycles. The molecule has 0 aromatic heterocycles. The minimum absolute atomic E-state index is 0.0577. The van der Waals surface area contributed by atoms with Crippen molar-refractivity contribution in [1.29, 1.82) is 0 Å². The van der Waals surface area contributed by atoms with Gasteiger partial charge in [0.05, 0.1) is 19.3 Å².